The van der Waals surface area contributed by atoms with Gasteiger partial charge in [0.25, 0.3) is 0 Å². The first kappa shape index (κ1) is 14.6. The molecular formula is C13H17F2NO2. The van der Waals surface area contributed by atoms with Crippen molar-refractivity contribution in [3.05, 3.63) is 35.4 Å². The second-order valence-electron chi connectivity index (χ2n) is 4.13. The van der Waals surface area contributed by atoms with Gasteiger partial charge in [-0.25, -0.2) is 8.78 Å². The largest absolute Gasteiger partial charge is 0.481 e. The van der Waals surface area contributed by atoms with Gasteiger partial charge in [0.05, 0.1) is 0 Å². The quantitative estimate of drug-likeness (QED) is 0.704. The number of halogens is 2. The fourth-order valence-corrected chi connectivity index (χ4v) is 1.59. The van der Waals surface area contributed by atoms with Crippen molar-refractivity contribution in [2.24, 2.45) is 0 Å². The van der Waals surface area contributed by atoms with E-state index in [2.05, 4.69) is 5.32 Å². The van der Waals surface area contributed by atoms with Crippen molar-refractivity contribution in [3.63, 3.8) is 0 Å². The lowest BCUT2D eigenvalue weighted by Gasteiger charge is -2.05. The highest BCUT2D eigenvalue weighted by molar-refractivity contribution is 5.66. The molecule has 0 saturated heterocycles. The van der Waals surface area contributed by atoms with Gasteiger partial charge in [-0.05, 0) is 37.1 Å². The van der Waals surface area contributed by atoms with E-state index in [1.165, 1.54) is 12.1 Å². The second-order valence-corrected chi connectivity index (χ2v) is 4.13. The first-order chi connectivity index (χ1) is 8.59. The third-order valence-electron chi connectivity index (χ3n) is 2.56. The predicted octanol–water partition coefficient (Wildman–Crippen LogP) is 2.70. The SMILES string of the molecule is O=C(O)CCCCCNCc1ccc(F)c(F)c1. The lowest BCUT2D eigenvalue weighted by molar-refractivity contribution is -0.137. The van der Waals surface area contributed by atoms with E-state index >= 15 is 0 Å². The smallest absolute Gasteiger partial charge is 0.303 e. The van der Waals surface area contributed by atoms with Gasteiger partial charge in [0.1, 0.15) is 0 Å². The maximum Gasteiger partial charge on any atom is 0.303 e. The van der Waals surface area contributed by atoms with Crippen LogP contribution in [0.4, 0.5) is 8.78 Å². The molecule has 1 aromatic carbocycles. The van der Waals surface area contributed by atoms with Gasteiger partial charge >= 0.3 is 5.97 Å². The van der Waals surface area contributed by atoms with Crippen LogP contribution in [0.2, 0.25) is 0 Å². The van der Waals surface area contributed by atoms with Gasteiger partial charge in [-0.3, -0.25) is 4.79 Å². The van der Waals surface area contributed by atoms with Crippen LogP contribution in [0.3, 0.4) is 0 Å². The average molecular weight is 257 g/mol. The summed E-state index contributed by atoms with van der Waals surface area (Å²) >= 11 is 0. The van der Waals surface area contributed by atoms with Crippen LogP contribution in [0.1, 0.15) is 31.2 Å². The molecular weight excluding hydrogens is 240 g/mol. The first-order valence-electron chi connectivity index (χ1n) is 5.96. The topological polar surface area (TPSA) is 49.3 Å². The highest BCUT2D eigenvalue weighted by Gasteiger charge is 2.02. The van der Waals surface area contributed by atoms with Crippen LogP contribution in [0.15, 0.2) is 18.2 Å². The Labute approximate surface area is 105 Å². The Kier molecular flexibility index (Phi) is 6.28. The molecule has 0 amide bonds. The van der Waals surface area contributed by atoms with Crippen LogP contribution in [0.5, 0.6) is 0 Å². The maximum absolute atomic E-state index is 12.9. The molecule has 2 N–H and O–H groups in total. The number of carbonyl (C=O) groups is 1. The van der Waals surface area contributed by atoms with E-state index in [0.717, 1.165) is 25.5 Å². The Hall–Kier alpha value is -1.49. The van der Waals surface area contributed by atoms with E-state index in [0.29, 0.717) is 18.5 Å². The third kappa shape index (κ3) is 5.72. The molecule has 0 spiro atoms. The van der Waals surface area contributed by atoms with E-state index < -0.39 is 17.6 Å². The Bertz CT molecular complexity index is 397. The number of hydrogen-bond acceptors (Lipinski definition) is 2. The number of rotatable bonds is 8. The Morgan fingerprint density at radius 3 is 2.61 bits per heavy atom. The molecule has 0 unspecified atom stereocenters. The summed E-state index contributed by atoms with van der Waals surface area (Å²) in [6.07, 6.45) is 2.58. The van der Waals surface area contributed by atoms with Gasteiger partial charge in [0.2, 0.25) is 0 Å². The van der Waals surface area contributed by atoms with Gasteiger partial charge in [-0.15, -0.1) is 0 Å². The molecule has 0 aliphatic carbocycles. The minimum absolute atomic E-state index is 0.198. The molecule has 0 aromatic heterocycles. The Balaban J connectivity index is 2.10. The summed E-state index contributed by atoms with van der Waals surface area (Å²) in [5, 5.41) is 11.5. The summed E-state index contributed by atoms with van der Waals surface area (Å²) in [5.74, 6) is -2.45. The van der Waals surface area contributed by atoms with E-state index in [9.17, 15) is 13.6 Å². The van der Waals surface area contributed by atoms with E-state index in [4.69, 9.17) is 5.11 Å². The number of carboxylic acids is 1. The van der Waals surface area contributed by atoms with Gasteiger partial charge in [-0.2, -0.15) is 0 Å². The second kappa shape index (κ2) is 7.76. The van der Waals surface area contributed by atoms with Crippen molar-refractivity contribution in [3.8, 4) is 0 Å². The van der Waals surface area contributed by atoms with Crippen molar-refractivity contribution in [1.82, 2.24) is 5.32 Å². The van der Waals surface area contributed by atoms with E-state index in [1.807, 2.05) is 0 Å². The lowest BCUT2D eigenvalue weighted by atomic mass is 10.2. The molecule has 0 aliphatic rings. The Morgan fingerprint density at radius 1 is 1.17 bits per heavy atom. The van der Waals surface area contributed by atoms with Crippen molar-refractivity contribution in [1.29, 1.82) is 0 Å². The summed E-state index contributed by atoms with van der Waals surface area (Å²) in [6.45, 7) is 1.22. The fourth-order valence-electron chi connectivity index (χ4n) is 1.59. The first-order valence-corrected chi connectivity index (χ1v) is 5.96. The van der Waals surface area contributed by atoms with Gasteiger partial charge < -0.3 is 10.4 Å². The van der Waals surface area contributed by atoms with Gasteiger partial charge in [0, 0.05) is 13.0 Å². The van der Waals surface area contributed by atoms with Crippen LogP contribution < -0.4 is 5.32 Å². The fraction of sp³-hybridized carbons (Fsp3) is 0.462. The number of aliphatic carboxylic acids is 1. The highest BCUT2D eigenvalue weighted by Crippen LogP contribution is 2.08. The summed E-state index contributed by atoms with van der Waals surface area (Å²) in [7, 11) is 0. The van der Waals surface area contributed by atoms with Crippen molar-refractivity contribution >= 4 is 5.97 Å². The monoisotopic (exact) mass is 257 g/mol. The minimum Gasteiger partial charge on any atom is -0.481 e. The predicted molar refractivity (Wildman–Crippen MR) is 64.2 cm³/mol. The third-order valence-corrected chi connectivity index (χ3v) is 2.56. The lowest BCUT2D eigenvalue weighted by Crippen LogP contribution is -2.15. The number of benzene rings is 1. The van der Waals surface area contributed by atoms with Crippen LogP contribution in [-0.4, -0.2) is 17.6 Å². The minimum atomic E-state index is -0.840. The normalized spacial score (nSPS) is 10.6. The van der Waals surface area contributed by atoms with Gasteiger partial charge in [0.15, 0.2) is 11.6 Å². The van der Waals surface area contributed by atoms with E-state index in [-0.39, 0.29) is 6.42 Å². The molecule has 0 fully saturated rings. The number of carboxylic acid groups (broad SMARTS) is 1. The summed E-state index contributed by atoms with van der Waals surface area (Å²) in [5.41, 5.74) is 0.694. The average Bonchev–Trinajstić information content (AvgIpc) is 2.32. The molecule has 0 aliphatic heterocycles. The molecule has 3 nitrogen and oxygen atoms in total. The van der Waals surface area contributed by atoms with Crippen LogP contribution in [0, 0.1) is 11.6 Å². The molecule has 0 atom stereocenters. The molecule has 0 heterocycles. The van der Waals surface area contributed by atoms with Crippen molar-refractivity contribution < 1.29 is 18.7 Å². The number of nitrogens with one attached hydrogen (secondary N) is 1. The van der Waals surface area contributed by atoms with Crippen LogP contribution >= 0.6 is 0 Å². The highest BCUT2D eigenvalue weighted by atomic mass is 19.2. The van der Waals surface area contributed by atoms with Gasteiger partial charge in [-0.1, -0.05) is 12.5 Å². The standard InChI is InChI=1S/C13H17F2NO2/c14-11-6-5-10(8-12(11)15)9-16-7-3-1-2-4-13(17)18/h5-6,8,16H,1-4,7,9H2,(H,17,18). The zero-order chi connectivity index (χ0) is 13.4. The maximum atomic E-state index is 12.9. The van der Waals surface area contributed by atoms with E-state index in [1.54, 1.807) is 0 Å². The molecule has 0 saturated carbocycles. The summed E-state index contributed by atoms with van der Waals surface area (Å²) in [6, 6.07) is 3.82. The Morgan fingerprint density at radius 2 is 1.94 bits per heavy atom. The zero-order valence-corrected chi connectivity index (χ0v) is 10.1. The molecule has 100 valence electrons. The summed E-state index contributed by atoms with van der Waals surface area (Å²) < 4.78 is 25.5. The summed E-state index contributed by atoms with van der Waals surface area (Å²) in [4.78, 5) is 10.3. The molecule has 1 aromatic rings. The molecule has 0 radical (unpaired) electrons. The molecule has 18 heavy (non-hydrogen) atoms. The van der Waals surface area contributed by atoms with Crippen molar-refractivity contribution in [2.45, 2.75) is 32.2 Å². The molecule has 5 heteroatoms. The van der Waals surface area contributed by atoms with Crippen LogP contribution in [-0.2, 0) is 11.3 Å². The molecule has 0 bridgehead atoms. The zero-order valence-electron chi connectivity index (χ0n) is 10.1. The van der Waals surface area contributed by atoms with Crippen molar-refractivity contribution in [2.75, 3.05) is 6.54 Å². The van der Waals surface area contributed by atoms with Crippen LogP contribution in [0.25, 0.3) is 0 Å². The molecule has 1 rings (SSSR count). The number of unbranched alkanes of at least 4 members (excludes halogenated alkanes) is 2. The number of hydrogen-bond donors (Lipinski definition) is 2.